The molecule has 148 valence electrons. The molecule has 1 aliphatic heterocycles. The van der Waals surface area contributed by atoms with E-state index in [1.165, 1.54) is 0 Å². The van der Waals surface area contributed by atoms with Gasteiger partial charge in [0.1, 0.15) is 0 Å². The molecule has 2 aromatic carbocycles. The van der Waals surface area contributed by atoms with Crippen LogP contribution in [0.2, 0.25) is 5.02 Å². The van der Waals surface area contributed by atoms with Gasteiger partial charge in [-0.1, -0.05) is 41.9 Å². The molecule has 0 aromatic heterocycles. The van der Waals surface area contributed by atoms with Gasteiger partial charge in [-0.3, -0.25) is 4.79 Å². The van der Waals surface area contributed by atoms with Crippen LogP contribution < -0.4 is 10.2 Å². The van der Waals surface area contributed by atoms with Crippen LogP contribution >= 0.6 is 23.8 Å². The van der Waals surface area contributed by atoms with Crippen molar-refractivity contribution in [3.05, 3.63) is 64.7 Å². The summed E-state index contributed by atoms with van der Waals surface area (Å²) in [6.07, 6.45) is -0.572. The number of likely N-dealkylation sites (N-methyl/N-ethyl adjacent to an activating group) is 1. The number of nitrogens with zero attached hydrogens (tertiary/aromatic N) is 4. The second-order valence-electron chi connectivity index (χ2n) is 6.58. The summed E-state index contributed by atoms with van der Waals surface area (Å²) in [6.45, 7) is 0.462. The lowest BCUT2D eigenvalue weighted by molar-refractivity contribution is -0.119. The number of rotatable bonds is 4. The number of benzene rings is 2. The zero-order chi connectivity index (χ0) is 21.0. The van der Waals surface area contributed by atoms with Crippen molar-refractivity contribution < 1.29 is 4.79 Å². The molecule has 1 atom stereocenters. The third-order valence-corrected chi connectivity index (χ3v) is 5.28. The number of aliphatic imine (C=N–C) groups is 1. The molecule has 29 heavy (non-hydrogen) atoms. The lowest BCUT2D eigenvalue weighted by Crippen LogP contribution is -2.49. The van der Waals surface area contributed by atoms with Crippen LogP contribution in [-0.2, 0) is 4.79 Å². The molecule has 0 spiro atoms. The van der Waals surface area contributed by atoms with Gasteiger partial charge in [0.25, 0.3) is 5.91 Å². The number of hydrogen-bond acceptors (Lipinski definition) is 4. The van der Waals surface area contributed by atoms with E-state index in [4.69, 9.17) is 34.1 Å². The van der Waals surface area contributed by atoms with Gasteiger partial charge in [-0.05, 0) is 30.4 Å². The third kappa shape index (κ3) is 4.56. The van der Waals surface area contributed by atoms with Crippen LogP contribution in [-0.4, -0.2) is 48.4 Å². The highest BCUT2D eigenvalue weighted by atomic mass is 35.5. The Bertz CT molecular complexity index is 1000. The van der Waals surface area contributed by atoms with E-state index in [9.17, 15) is 4.79 Å². The van der Waals surface area contributed by atoms with Gasteiger partial charge in [-0.15, -0.1) is 0 Å². The maximum atomic E-state index is 13.1. The van der Waals surface area contributed by atoms with E-state index < -0.39 is 6.17 Å². The van der Waals surface area contributed by atoms with Gasteiger partial charge in [0.05, 0.1) is 23.9 Å². The molecule has 2 aromatic rings. The van der Waals surface area contributed by atoms with Gasteiger partial charge in [0, 0.05) is 36.8 Å². The van der Waals surface area contributed by atoms with Crippen molar-refractivity contribution in [1.82, 2.24) is 10.2 Å². The van der Waals surface area contributed by atoms with Crippen molar-refractivity contribution >= 4 is 46.2 Å². The number of anilines is 1. The van der Waals surface area contributed by atoms with E-state index in [0.717, 1.165) is 16.8 Å². The first-order chi connectivity index (χ1) is 13.9. The lowest BCUT2D eigenvalue weighted by atomic mass is 10.0. The van der Waals surface area contributed by atoms with E-state index in [1.54, 1.807) is 30.0 Å². The summed E-state index contributed by atoms with van der Waals surface area (Å²) in [4.78, 5) is 21.2. The number of fused-ring (bicyclic) bond motifs is 1. The standard InChI is InChI=1S/C21H20ClN5OS/c1-26(12-6-11-23)21(29)25-19-20(28)27(2)17-10-9-15(22)13-16(17)18(24-19)14-7-4-3-5-8-14/h3-5,7-10,13,19H,6,12H2,1-2H3,(H,25,29). The molecule has 6 nitrogen and oxygen atoms in total. The van der Waals surface area contributed by atoms with Crippen LogP contribution in [0.5, 0.6) is 0 Å². The van der Waals surface area contributed by atoms with Gasteiger partial charge in [-0.2, -0.15) is 5.26 Å². The van der Waals surface area contributed by atoms with E-state index >= 15 is 0 Å². The fraction of sp³-hybridized carbons (Fsp3) is 0.238. The summed E-state index contributed by atoms with van der Waals surface area (Å²) >= 11 is 11.7. The first-order valence-corrected chi connectivity index (χ1v) is 9.80. The van der Waals surface area contributed by atoms with E-state index in [2.05, 4.69) is 11.4 Å². The van der Waals surface area contributed by atoms with Crippen molar-refractivity contribution in [1.29, 1.82) is 5.26 Å². The second kappa shape index (κ2) is 9.03. The van der Waals surface area contributed by atoms with Crippen LogP contribution in [0.1, 0.15) is 17.5 Å². The molecule has 3 rings (SSSR count). The van der Waals surface area contributed by atoms with Crippen molar-refractivity contribution in [2.45, 2.75) is 12.6 Å². The van der Waals surface area contributed by atoms with Gasteiger partial charge in [0.15, 0.2) is 5.11 Å². The predicted octanol–water partition coefficient (Wildman–Crippen LogP) is 3.20. The number of benzodiazepines with no additional fused rings is 1. The van der Waals surface area contributed by atoms with Gasteiger partial charge in [-0.25, -0.2) is 4.99 Å². The van der Waals surface area contributed by atoms with Gasteiger partial charge < -0.3 is 15.1 Å². The Balaban J connectivity index is 2.04. The fourth-order valence-electron chi connectivity index (χ4n) is 3.01. The van der Waals surface area contributed by atoms with E-state index in [0.29, 0.717) is 28.8 Å². The molecule has 1 aliphatic rings. The number of halogens is 1. The fourth-order valence-corrected chi connectivity index (χ4v) is 3.39. The van der Waals surface area contributed by atoms with Crippen molar-refractivity contribution in [3.63, 3.8) is 0 Å². The summed E-state index contributed by atoms with van der Waals surface area (Å²) in [5.74, 6) is -0.240. The first-order valence-electron chi connectivity index (χ1n) is 9.01. The molecule has 1 N–H and O–H groups in total. The largest absolute Gasteiger partial charge is 0.351 e. The molecule has 0 aliphatic carbocycles. The Morgan fingerprint density at radius 3 is 2.76 bits per heavy atom. The Labute approximate surface area is 180 Å². The molecule has 1 unspecified atom stereocenters. The summed E-state index contributed by atoms with van der Waals surface area (Å²) in [5.41, 5.74) is 3.01. The average Bonchev–Trinajstić information content (AvgIpc) is 2.83. The first kappa shape index (κ1) is 20.8. The second-order valence-corrected chi connectivity index (χ2v) is 7.41. The molecule has 0 radical (unpaired) electrons. The molecule has 0 saturated heterocycles. The lowest BCUT2D eigenvalue weighted by Gasteiger charge is -2.25. The minimum absolute atomic E-state index is 0.240. The summed E-state index contributed by atoms with van der Waals surface area (Å²) in [5, 5.41) is 12.7. The average molecular weight is 426 g/mol. The number of carbonyl (C=O) groups excluding carboxylic acids is 1. The Morgan fingerprint density at radius 2 is 2.07 bits per heavy atom. The van der Waals surface area contributed by atoms with Crippen LogP contribution in [0.3, 0.4) is 0 Å². The van der Waals surface area contributed by atoms with E-state index in [-0.39, 0.29) is 5.91 Å². The highest BCUT2D eigenvalue weighted by Gasteiger charge is 2.31. The van der Waals surface area contributed by atoms with Crippen LogP contribution in [0.15, 0.2) is 53.5 Å². The summed E-state index contributed by atoms with van der Waals surface area (Å²) < 4.78 is 0. The van der Waals surface area contributed by atoms with Gasteiger partial charge in [0.2, 0.25) is 6.17 Å². The van der Waals surface area contributed by atoms with Crippen LogP contribution in [0.4, 0.5) is 5.69 Å². The number of amides is 1. The monoisotopic (exact) mass is 425 g/mol. The number of hydrogen-bond donors (Lipinski definition) is 1. The Hall–Kier alpha value is -2.95. The Morgan fingerprint density at radius 1 is 1.34 bits per heavy atom. The topological polar surface area (TPSA) is 71.7 Å². The molecule has 0 bridgehead atoms. The minimum Gasteiger partial charge on any atom is -0.351 e. The zero-order valence-electron chi connectivity index (χ0n) is 16.1. The maximum Gasteiger partial charge on any atom is 0.272 e. The minimum atomic E-state index is -0.904. The summed E-state index contributed by atoms with van der Waals surface area (Å²) in [7, 11) is 3.48. The number of carbonyl (C=O) groups is 1. The molecule has 0 saturated carbocycles. The van der Waals surface area contributed by atoms with Crippen LogP contribution in [0, 0.1) is 11.3 Å². The third-order valence-electron chi connectivity index (χ3n) is 4.61. The smallest absolute Gasteiger partial charge is 0.272 e. The normalized spacial score (nSPS) is 15.7. The summed E-state index contributed by atoms with van der Waals surface area (Å²) in [6, 6.07) is 17.1. The Kier molecular flexibility index (Phi) is 6.47. The SMILES string of the molecule is CN(CCC#N)C(=S)NC1N=C(c2ccccc2)c2cc(Cl)ccc2N(C)C1=O. The van der Waals surface area contributed by atoms with Crippen molar-refractivity contribution in [2.75, 3.05) is 25.5 Å². The highest BCUT2D eigenvalue weighted by Crippen LogP contribution is 2.29. The number of nitrogens with one attached hydrogen (secondary N) is 1. The molecular formula is C21H20ClN5OS. The number of nitriles is 1. The zero-order valence-corrected chi connectivity index (χ0v) is 17.7. The molecule has 1 amide bonds. The molecule has 8 heteroatoms. The molecule has 0 fully saturated rings. The van der Waals surface area contributed by atoms with Gasteiger partial charge >= 0.3 is 0 Å². The number of thiocarbonyl (C=S) groups is 1. The van der Waals surface area contributed by atoms with Crippen molar-refractivity contribution in [2.24, 2.45) is 4.99 Å². The van der Waals surface area contributed by atoms with Crippen LogP contribution in [0.25, 0.3) is 0 Å². The predicted molar refractivity (Wildman–Crippen MR) is 119 cm³/mol. The van der Waals surface area contributed by atoms with Crippen molar-refractivity contribution in [3.8, 4) is 6.07 Å². The van der Waals surface area contributed by atoms with E-state index in [1.807, 2.05) is 42.5 Å². The maximum absolute atomic E-state index is 13.1. The highest BCUT2D eigenvalue weighted by molar-refractivity contribution is 7.80. The quantitative estimate of drug-likeness (QED) is 0.761. The molecular weight excluding hydrogens is 406 g/mol. The molecule has 1 heterocycles.